The van der Waals surface area contributed by atoms with Crippen LogP contribution in [0, 0.1) is 0 Å². The Morgan fingerprint density at radius 3 is 1.35 bits per heavy atom. The molecule has 15 nitrogen and oxygen atoms in total. The molecule has 2 fully saturated rings. The summed E-state index contributed by atoms with van der Waals surface area (Å²) >= 11 is 0. The zero-order chi connectivity index (χ0) is 52.4. The van der Waals surface area contributed by atoms with Gasteiger partial charge in [-0.1, -0.05) is 212 Å². The summed E-state index contributed by atoms with van der Waals surface area (Å²) in [5, 5.41) is 72.2. The van der Waals surface area contributed by atoms with Crippen molar-refractivity contribution in [3.8, 4) is 0 Å². The van der Waals surface area contributed by atoms with Crippen molar-refractivity contribution in [1.29, 1.82) is 0 Å². The highest BCUT2D eigenvalue weighted by Gasteiger charge is 2.47. The number of carbonyl (C=O) groups is 2. The summed E-state index contributed by atoms with van der Waals surface area (Å²) in [6.07, 6.45) is 30.9. The van der Waals surface area contributed by atoms with Gasteiger partial charge in [0.25, 0.3) is 0 Å². The van der Waals surface area contributed by atoms with Crippen LogP contribution in [0.25, 0.3) is 0 Å². The van der Waals surface area contributed by atoms with Gasteiger partial charge >= 0.3 is 11.9 Å². The van der Waals surface area contributed by atoms with E-state index in [1.165, 1.54) is 161 Å². The van der Waals surface area contributed by atoms with Gasteiger partial charge in [0.15, 0.2) is 18.7 Å². The standard InChI is InChI=1S/C57H104O15/c1-3-5-7-9-11-13-15-17-18-19-20-21-22-23-24-25-26-28-29-31-33-35-37-39-48(59)67-42-45(70-49(60)40-38-36-34-32-30-27-16-14-12-10-8-6-4-2)43-68-56-55(66)53(64)51(62)47(72-56)44-69-57-54(65)52(63)50(61)46(41-58)71-57/h27,30,34,36,45-47,50-58,61-66H,3-26,28-29,31-33,35,37-44H2,1-2H3/b30-27+,36-34+/t45?,46-,47-,50+,51+,52?,53?,54?,55?,56-,57-/m1/s1. The molecule has 0 saturated carbocycles. The van der Waals surface area contributed by atoms with Gasteiger partial charge < -0.3 is 64.2 Å². The second-order valence-corrected chi connectivity index (χ2v) is 20.5. The highest BCUT2D eigenvalue weighted by molar-refractivity contribution is 5.70. The molecule has 2 rings (SSSR count). The third kappa shape index (κ3) is 31.1. The van der Waals surface area contributed by atoms with E-state index in [0.29, 0.717) is 12.8 Å². The number of aliphatic hydroxyl groups is 7. The Morgan fingerprint density at radius 1 is 0.444 bits per heavy atom. The van der Waals surface area contributed by atoms with Crippen molar-refractivity contribution in [2.24, 2.45) is 0 Å². The summed E-state index contributed by atoms with van der Waals surface area (Å²) in [7, 11) is 0. The Labute approximate surface area is 434 Å². The summed E-state index contributed by atoms with van der Waals surface area (Å²) in [4.78, 5) is 25.8. The molecule has 15 heteroatoms. The lowest BCUT2D eigenvalue weighted by Crippen LogP contribution is -2.61. The first kappa shape index (κ1) is 66.1. The van der Waals surface area contributed by atoms with Gasteiger partial charge in [-0.2, -0.15) is 0 Å². The number of ether oxygens (including phenoxy) is 6. The van der Waals surface area contributed by atoms with Gasteiger partial charge in [-0.15, -0.1) is 0 Å². The number of unbranched alkanes of at least 4 members (excludes halogenated alkanes) is 28. The van der Waals surface area contributed by atoms with Crippen LogP contribution in [0.15, 0.2) is 24.3 Å². The minimum Gasteiger partial charge on any atom is -0.462 e. The van der Waals surface area contributed by atoms with Crippen molar-refractivity contribution in [1.82, 2.24) is 0 Å². The van der Waals surface area contributed by atoms with Crippen LogP contribution in [0.1, 0.15) is 232 Å². The van der Waals surface area contributed by atoms with Crippen LogP contribution in [0.5, 0.6) is 0 Å². The Balaban J connectivity index is 1.73. The average Bonchev–Trinajstić information content (AvgIpc) is 3.37. The molecule has 11 atom stereocenters. The molecule has 0 bridgehead atoms. The van der Waals surface area contributed by atoms with Crippen molar-refractivity contribution in [3.63, 3.8) is 0 Å². The van der Waals surface area contributed by atoms with Crippen LogP contribution in [-0.2, 0) is 38.0 Å². The van der Waals surface area contributed by atoms with Crippen LogP contribution >= 0.6 is 0 Å². The third-order valence-electron chi connectivity index (χ3n) is 13.9. The fraction of sp³-hybridized carbons (Fsp3) is 0.895. The SMILES string of the molecule is CCCCCCCC/C=C/C/C=C/CCC(=O)OC(COC(=O)CCCCCCCCCCCCCCCCCCCCCCCCC)CO[C@@H]1O[C@H](CO[C@@H]2O[C@H](CO)[C@H](O)C(O)C2O)[C@H](O)C(O)C1O. The Morgan fingerprint density at radius 2 is 0.861 bits per heavy atom. The van der Waals surface area contributed by atoms with Gasteiger partial charge in [0.05, 0.1) is 19.8 Å². The summed E-state index contributed by atoms with van der Waals surface area (Å²) in [5.41, 5.74) is 0. The van der Waals surface area contributed by atoms with Crippen LogP contribution in [-0.4, -0.2) is 142 Å². The van der Waals surface area contributed by atoms with E-state index in [-0.39, 0.29) is 19.4 Å². The molecule has 0 spiro atoms. The van der Waals surface area contributed by atoms with E-state index in [4.69, 9.17) is 28.4 Å². The minimum atomic E-state index is -1.77. The van der Waals surface area contributed by atoms with Crippen molar-refractivity contribution in [3.05, 3.63) is 24.3 Å². The number of hydrogen-bond donors (Lipinski definition) is 7. The van der Waals surface area contributed by atoms with Gasteiger partial charge in [-0.25, -0.2) is 0 Å². The minimum absolute atomic E-state index is 0.0623. The Bertz CT molecular complexity index is 1350. The number of allylic oxidation sites excluding steroid dienone is 4. The molecule has 0 aromatic rings. The van der Waals surface area contributed by atoms with Crippen LogP contribution < -0.4 is 0 Å². The Kier molecular flexibility index (Phi) is 40.5. The summed E-state index contributed by atoms with van der Waals surface area (Å²) in [6.45, 7) is 2.56. The van der Waals surface area contributed by atoms with Gasteiger partial charge in [-0.3, -0.25) is 9.59 Å². The summed E-state index contributed by atoms with van der Waals surface area (Å²) in [5.74, 6) is -0.992. The maximum absolute atomic E-state index is 13.0. The molecule has 422 valence electrons. The monoisotopic (exact) mass is 1030 g/mol. The number of esters is 2. The lowest BCUT2D eigenvalue weighted by atomic mass is 9.98. The fourth-order valence-electron chi connectivity index (χ4n) is 9.21. The van der Waals surface area contributed by atoms with Gasteiger partial charge in [-0.05, 0) is 32.1 Å². The van der Waals surface area contributed by atoms with Crippen LogP contribution in [0.4, 0.5) is 0 Å². The van der Waals surface area contributed by atoms with E-state index in [1.807, 2.05) is 12.2 Å². The molecule has 2 aliphatic heterocycles. The van der Waals surface area contributed by atoms with Gasteiger partial charge in [0, 0.05) is 12.8 Å². The van der Waals surface area contributed by atoms with E-state index in [1.54, 1.807) is 0 Å². The zero-order valence-corrected chi connectivity index (χ0v) is 44.9. The predicted molar refractivity (Wildman–Crippen MR) is 280 cm³/mol. The average molecular weight is 1030 g/mol. The summed E-state index contributed by atoms with van der Waals surface area (Å²) in [6, 6.07) is 0. The van der Waals surface area contributed by atoms with Crippen molar-refractivity contribution in [2.45, 2.75) is 300 Å². The molecular weight excluding hydrogens is 925 g/mol. The molecule has 0 aliphatic carbocycles. The van der Waals surface area contributed by atoms with E-state index in [9.17, 15) is 45.3 Å². The van der Waals surface area contributed by atoms with Crippen LogP contribution in [0.2, 0.25) is 0 Å². The van der Waals surface area contributed by atoms with Gasteiger partial charge in [0.1, 0.15) is 55.4 Å². The number of hydrogen-bond acceptors (Lipinski definition) is 15. The molecule has 2 heterocycles. The maximum atomic E-state index is 13.0. The highest BCUT2D eigenvalue weighted by Crippen LogP contribution is 2.27. The number of carbonyl (C=O) groups excluding carboxylic acids is 2. The molecule has 0 radical (unpaired) electrons. The van der Waals surface area contributed by atoms with Crippen molar-refractivity contribution < 1.29 is 73.8 Å². The molecular formula is C57H104O15. The van der Waals surface area contributed by atoms with Gasteiger partial charge in [0.2, 0.25) is 0 Å². The second-order valence-electron chi connectivity index (χ2n) is 20.5. The molecule has 0 amide bonds. The van der Waals surface area contributed by atoms with Crippen molar-refractivity contribution >= 4 is 11.9 Å². The normalized spacial score (nSPS) is 25.1. The van der Waals surface area contributed by atoms with Crippen molar-refractivity contribution in [2.75, 3.05) is 26.4 Å². The molecule has 7 N–H and O–H groups in total. The Hall–Kier alpha value is -2.02. The second kappa shape index (κ2) is 44.1. The first-order valence-corrected chi connectivity index (χ1v) is 28.9. The number of aliphatic hydroxyl groups excluding tert-OH is 7. The zero-order valence-electron chi connectivity index (χ0n) is 44.9. The molecule has 2 saturated heterocycles. The quantitative estimate of drug-likeness (QED) is 0.0171. The third-order valence-corrected chi connectivity index (χ3v) is 13.9. The molecule has 72 heavy (non-hydrogen) atoms. The molecule has 0 aromatic heterocycles. The lowest BCUT2D eigenvalue weighted by Gasteiger charge is -2.42. The largest absolute Gasteiger partial charge is 0.462 e. The van der Waals surface area contributed by atoms with E-state index < -0.39 is 99.3 Å². The fourth-order valence-corrected chi connectivity index (χ4v) is 9.21. The smallest absolute Gasteiger partial charge is 0.306 e. The molecule has 0 aromatic carbocycles. The van der Waals surface area contributed by atoms with Crippen LogP contribution in [0.3, 0.4) is 0 Å². The van der Waals surface area contributed by atoms with E-state index in [0.717, 1.165) is 32.1 Å². The summed E-state index contributed by atoms with van der Waals surface area (Å²) < 4.78 is 33.6. The lowest BCUT2D eigenvalue weighted by molar-refractivity contribution is -0.332. The van der Waals surface area contributed by atoms with E-state index in [2.05, 4.69) is 26.0 Å². The number of rotatable bonds is 46. The molecule has 5 unspecified atom stereocenters. The molecule has 2 aliphatic rings. The van der Waals surface area contributed by atoms with E-state index >= 15 is 0 Å². The maximum Gasteiger partial charge on any atom is 0.306 e. The first-order valence-electron chi connectivity index (χ1n) is 28.9. The topological polar surface area (TPSA) is 231 Å². The first-order chi connectivity index (χ1) is 35.0. The predicted octanol–water partition coefficient (Wildman–Crippen LogP) is 9.50. The highest BCUT2D eigenvalue weighted by atomic mass is 16.7.